The number of carbonyl (C=O) groups is 2. The SMILES string of the molecule is Cc1ccc(/C=C/CC(=O)Cc2ccc(C(=O)OCC[Si](C)(C)C)cn2)cn1. The Morgan fingerprint density at radius 3 is 2.46 bits per heavy atom. The third-order valence-corrected chi connectivity index (χ3v) is 5.82. The third kappa shape index (κ3) is 7.96. The minimum Gasteiger partial charge on any atom is -0.462 e. The lowest BCUT2D eigenvalue weighted by atomic mass is 10.1. The Morgan fingerprint density at radius 2 is 1.86 bits per heavy atom. The summed E-state index contributed by atoms with van der Waals surface area (Å²) in [5.41, 5.74) is 2.99. The molecule has 0 radical (unpaired) electrons. The number of pyridine rings is 2. The molecule has 0 unspecified atom stereocenters. The van der Waals surface area contributed by atoms with Gasteiger partial charge in [-0.3, -0.25) is 14.8 Å². The predicted molar refractivity (Wildman–Crippen MR) is 114 cm³/mol. The first-order valence-corrected chi connectivity index (χ1v) is 13.2. The van der Waals surface area contributed by atoms with Crippen molar-refractivity contribution in [3.8, 4) is 0 Å². The fourth-order valence-corrected chi connectivity index (χ4v) is 3.08. The second kappa shape index (κ2) is 10.1. The highest BCUT2D eigenvalue weighted by Crippen LogP contribution is 2.10. The molecule has 0 aromatic carbocycles. The van der Waals surface area contributed by atoms with Crippen molar-refractivity contribution < 1.29 is 14.3 Å². The molecule has 2 rings (SSSR count). The molecule has 6 heteroatoms. The van der Waals surface area contributed by atoms with Crippen LogP contribution in [-0.4, -0.2) is 36.4 Å². The number of hydrogen-bond acceptors (Lipinski definition) is 5. The highest BCUT2D eigenvalue weighted by Gasteiger charge is 2.15. The molecule has 0 amide bonds. The maximum atomic E-state index is 12.1. The van der Waals surface area contributed by atoms with Crippen molar-refractivity contribution in [2.24, 2.45) is 0 Å². The minimum atomic E-state index is -1.23. The van der Waals surface area contributed by atoms with Crippen LogP contribution in [0.3, 0.4) is 0 Å². The van der Waals surface area contributed by atoms with Crippen LogP contribution in [0.15, 0.2) is 42.7 Å². The summed E-state index contributed by atoms with van der Waals surface area (Å²) in [5.74, 6) is -0.299. The van der Waals surface area contributed by atoms with E-state index in [2.05, 4.69) is 29.6 Å². The van der Waals surface area contributed by atoms with Crippen LogP contribution in [-0.2, 0) is 16.0 Å². The molecule has 148 valence electrons. The molecule has 0 saturated carbocycles. The number of hydrogen-bond donors (Lipinski definition) is 0. The van der Waals surface area contributed by atoms with Crippen molar-refractivity contribution in [1.29, 1.82) is 0 Å². The highest BCUT2D eigenvalue weighted by atomic mass is 28.3. The maximum Gasteiger partial charge on any atom is 0.339 e. The van der Waals surface area contributed by atoms with E-state index in [1.807, 2.05) is 31.2 Å². The van der Waals surface area contributed by atoms with E-state index in [-0.39, 0.29) is 18.2 Å². The second-order valence-corrected chi connectivity index (χ2v) is 13.7. The Kier molecular flexibility index (Phi) is 7.81. The Hall–Kier alpha value is -2.60. The fraction of sp³-hybridized carbons (Fsp3) is 0.364. The average molecular weight is 397 g/mol. The van der Waals surface area contributed by atoms with E-state index in [1.54, 1.807) is 18.3 Å². The Labute approximate surface area is 167 Å². The number of ether oxygens (including phenoxy) is 1. The summed E-state index contributed by atoms with van der Waals surface area (Å²) < 4.78 is 5.30. The zero-order valence-electron chi connectivity index (χ0n) is 17.1. The first-order chi connectivity index (χ1) is 13.2. The van der Waals surface area contributed by atoms with E-state index in [0.29, 0.717) is 24.3 Å². The van der Waals surface area contributed by atoms with Gasteiger partial charge in [0.05, 0.1) is 12.2 Å². The van der Waals surface area contributed by atoms with Gasteiger partial charge < -0.3 is 4.74 Å². The Morgan fingerprint density at radius 1 is 1.07 bits per heavy atom. The molecule has 2 aromatic rings. The summed E-state index contributed by atoms with van der Waals surface area (Å²) in [6, 6.07) is 8.21. The number of carbonyl (C=O) groups excluding carboxylic acids is 2. The smallest absolute Gasteiger partial charge is 0.339 e. The van der Waals surface area contributed by atoms with Crippen LogP contribution in [0.25, 0.3) is 6.08 Å². The fourth-order valence-electron chi connectivity index (χ4n) is 2.36. The summed E-state index contributed by atoms with van der Waals surface area (Å²) in [6.07, 6.45) is 7.54. The van der Waals surface area contributed by atoms with Gasteiger partial charge in [0.1, 0.15) is 5.78 Å². The molecule has 0 bridgehead atoms. The predicted octanol–water partition coefficient (Wildman–Crippen LogP) is 4.50. The number of ketones is 1. The molecule has 0 aliphatic heterocycles. The number of rotatable bonds is 9. The van der Waals surface area contributed by atoms with Crippen LogP contribution in [0.1, 0.15) is 33.7 Å². The summed E-state index contributed by atoms with van der Waals surface area (Å²) in [5, 5.41) is 0. The molecule has 2 aromatic heterocycles. The van der Waals surface area contributed by atoms with E-state index in [1.165, 1.54) is 6.20 Å². The number of esters is 1. The van der Waals surface area contributed by atoms with Crippen molar-refractivity contribution in [1.82, 2.24) is 9.97 Å². The van der Waals surface area contributed by atoms with Gasteiger partial charge in [0.15, 0.2) is 0 Å². The van der Waals surface area contributed by atoms with E-state index in [0.717, 1.165) is 17.3 Å². The van der Waals surface area contributed by atoms with Crippen LogP contribution in [0.5, 0.6) is 0 Å². The lowest BCUT2D eigenvalue weighted by molar-refractivity contribution is -0.117. The van der Waals surface area contributed by atoms with Gasteiger partial charge >= 0.3 is 5.97 Å². The lowest BCUT2D eigenvalue weighted by Crippen LogP contribution is -2.22. The van der Waals surface area contributed by atoms with Crippen LogP contribution in [0, 0.1) is 6.92 Å². The summed E-state index contributed by atoms with van der Waals surface area (Å²) >= 11 is 0. The molecular weight excluding hydrogens is 368 g/mol. The molecule has 5 nitrogen and oxygen atoms in total. The van der Waals surface area contributed by atoms with E-state index in [4.69, 9.17) is 4.74 Å². The zero-order valence-corrected chi connectivity index (χ0v) is 18.1. The zero-order chi connectivity index (χ0) is 20.6. The van der Waals surface area contributed by atoms with Crippen molar-refractivity contribution in [2.45, 2.75) is 45.5 Å². The molecule has 0 aliphatic rings. The molecule has 0 atom stereocenters. The van der Waals surface area contributed by atoms with Crippen LogP contribution in [0.4, 0.5) is 0 Å². The quantitative estimate of drug-likeness (QED) is 0.461. The van der Waals surface area contributed by atoms with Gasteiger partial charge in [-0.05, 0) is 36.7 Å². The van der Waals surface area contributed by atoms with Crippen LogP contribution >= 0.6 is 0 Å². The monoisotopic (exact) mass is 396 g/mol. The molecule has 0 saturated heterocycles. The normalized spacial score (nSPS) is 11.6. The molecule has 0 fully saturated rings. The Balaban J connectivity index is 1.80. The lowest BCUT2D eigenvalue weighted by Gasteiger charge is -2.15. The number of nitrogens with zero attached hydrogens (tertiary/aromatic N) is 2. The van der Waals surface area contributed by atoms with Crippen LogP contribution < -0.4 is 0 Å². The number of aryl methyl sites for hydroxylation is 1. The maximum absolute atomic E-state index is 12.1. The molecule has 0 N–H and O–H groups in total. The molecule has 0 spiro atoms. The topological polar surface area (TPSA) is 69.2 Å². The van der Waals surface area contributed by atoms with Gasteiger partial charge in [-0.25, -0.2) is 4.79 Å². The summed E-state index contributed by atoms with van der Waals surface area (Å²) in [7, 11) is -1.23. The average Bonchev–Trinajstić information content (AvgIpc) is 2.63. The van der Waals surface area contributed by atoms with Gasteiger partial charge in [0, 0.05) is 44.7 Å². The van der Waals surface area contributed by atoms with E-state index in [9.17, 15) is 9.59 Å². The molecule has 2 heterocycles. The first kappa shape index (κ1) is 21.7. The summed E-state index contributed by atoms with van der Waals surface area (Å²) in [4.78, 5) is 32.6. The summed E-state index contributed by atoms with van der Waals surface area (Å²) in [6.45, 7) is 9.09. The van der Waals surface area contributed by atoms with Crippen molar-refractivity contribution in [3.05, 3.63) is 65.2 Å². The molecule has 28 heavy (non-hydrogen) atoms. The molecule has 0 aliphatic carbocycles. The van der Waals surface area contributed by atoms with Gasteiger partial charge in [-0.15, -0.1) is 0 Å². The van der Waals surface area contributed by atoms with Gasteiger partial charge in [0.2, 0.25) is 0 Å². The number of aromatic nitrogens is 2. The van der Waals surface area contributed by atoms with Gasteiger partial charge in [-0.2, -0.15) is 0 Å². The first-order valence-electron chi connectivity index (χ1n) is 9.46. The minimum absolute atomic E-state index is 0.0642. The van der Waals surface area contributed by atoms with Crippen LogP contribution in [0.2, 0.25) is 25.7 Å². The van der Waals surface area contributed by atoms with Crippen molar-refractivity contribution in [3.63, 3.8) is 0 Å². The number of Topliss-reactive ketones (excluding diaryl/α,β-unsaturated/α-hetero) is 1. The van der Waals surface area contributed by atoms with E-state index >= 15 is 0 Å². The second-order valence-electron chi connectivity index (χ2n) is 8.04. The highest BCUT2D eigenvalue weighted by molar-refractivity contribution is 6.76. The van der Waals surface area contributed by atoms with Gasteiger partial charge in [-0.1, -0.05) is 37.9 Å². The van der Waals surface area contributed by atoms with Crippen molar-refractivity contribution in [2.75, 3.05) is 6.61 Å². The third-order valence-electron chi connectivity index (χ3n) is 4.11. The van der Waals surface area contributed by atoms with Crippen molar-refractivity contribution >= 4 is 25.9 Å². The number of allylic oxidation sites excluding steroid dienone is 1. The Bertz CT molecular complexity index is 822. The molecular formula is C22H28N2O3Si. The van der Waals surface area contributed by atoms with Gasteiger partial charge in [0.25, 0.3) is 0 Å². The largest absolute Gasteiger partial charge is 0.462 e. The standard InChI is InChI=1S/C22H28N2O3Si/c1-17-8-9-18(15-23-17)6-5-7-21(25)14-20-11-10-19(16-24-20)22(26)27-12-13-28(2,3)4/h5-6,8-11,15-16H,7,12-14H2,1-4H3/b6-5+. The van der Waals surface area contributed by atoms with E-state index < -0.39 is 8.07 Å².